The number of aliphatic hydroxyl groups excluding tert-OH is 1. The minimum absolute atomic E-state index is 0. The minimum Gasteiger partial charge on any atom is -0.512 e. The molecule has 5 aromatic rings. The first kappa shape index (κ1) is 38.1. The Kier molecular flexibility index (Phi) is 12.4. The molecular weight excluding hydrogens is 755 g/mol. The van der Waals surface area contributed by atoms with Crippen molar-refractivity contribution in [2.75, 3.05) is 0 Å². The Hall–Kier alpha value is -3.33. The zero-order chi connectivity index (χ0) is 33.9. The molecule has 1 aromatic heterocycles. The molecule has 0 amide bonds. The van der Waals surface area contributed by atoms with Gasteiger partial charge in [0.05, 0.1) is 0 Å². The number of hydrogen-bond donors (Lipinski definition) is 1. The van der Waals surface area contributed by atoms with Crippen LogP contribution in [0.1, 0.15) is 99.1 Å². The molecule has 251 valence electrons. The molecule has 0 fully saturated rings. The van der Waals surface area contributed by atoms with E-state index in [2.05, 4.69) is 100 Å². The first-order valence-electron chi connectivity index (χ1n) is 16.9. The summed E-state index contributed by atoms with van der Waals surface area (Å²) in [6, 6.07) is 27.7. The van der Waals surface area contributed by atoms with Crippen molar-refractivity contribution in [2.45, 2.75) is 100 Å². The summed E-state index contributed by atoms with van der Waals surface area (Å²) in [4.78, 5) is 17.0. The fraction of sp³-hybridized carbons (Fsp3) is 0.395. The molecule has 0 unspecified atom stereocenters. The van der Waals surface area contributed by atoms with Gasteiger partial charge in [0.1, 0.15) is 5.76 Å². The second-order valence-electron chi connectivity index (χ2n) is 14.4. The molecule has 1 heterocycles. The number of ketones is 1. The Bertz CT molecular complexity index is 1890. The van der Waals surface area contributed by atoms with Gasteiger partial charge in [-0.2, -0.15) is 0 Å². The van der Waals surface area contributed by atoms with Crippen LogP contribution in [0, 0.1) is 23.8 Å². The van der Waals surface area contributed by atoms with E-state index in [1.54, 1.807) is 0 Å². The standard InChI is InChI=1S/C28H24N.C15H28O2.Ir/c1-18-9-11-22-20(15-18)10-12-25-24(22)13-14-29-27(25)21-16-19-7-5-6-8-23(19)26(17-21)28(2,3)4;1-7-14(5,8-2)12(16)11-13(17)15(6,9-3)10-4;/h5-15,17H,1-4H3;11,16H,7-10H2,1-6H3;/q-1;;/b;12-11-;. The average molecular weight is 807 g/mol. The van der Waals surface area contributed by atoms with Crippen molar-refractivity contribution in [1.82, 2.24) is 4.98 Å². The summed E-state index contributed by atoms with van der Waals surface area (Å²) in [7, 11) is 0. The van der Waals surface area contributed by atoms with Gasteiger partial charge in [-0.05, 0) is 65.6 Å². The average Bonchev–Trinajstić information content (AvgIpc) is 3.06. The summed E-state index contributed by atoms with van der Waals surface area (Å²) in [5, 5.41) is 17.5. The largest absolute Gasteiger partial charge is 0.512 e. The van der Waals surface area contributed by atoms with Crippen LogP contribution in [0.25, 0.3) is 43.6 Å². The molecule has 1 N–H and O–H groups in total. The molecule has 0 saturated heterocycles. The maximum atomic E-state index is 12.2. The van der Waals surface area contributed by atoms with E-state index in [0.29, 0.717) is 0 Å². The maximum absolute atomic E-state index is 12.2. The van der Waals surface area contributed by atoms with Gasteiger partial charge in [0, 0.05) is 48.9 Å². The minimum atomic E-state index is -0.337. The van der Waals surface area contributed by atoms with Crippen LogP contribution in [-0.2, 0) is 30.3 Å². The van der Waals surface area contributed by atoms with E-state index >= 15 is 0 Å². The first-order valence-corrected chi connectivity index (χ1v) is 16.9. The molecule has 0 bridgehead atoms. The third kappa shape index (κ3) is 8.04. The summed E-state index contributed by atoms with van der Waals surface area (Å²) >= 11 is 0. The number of nitrogens with zero attached hydrogens (tertiary/aromatic N) is 1. The monoisotopic (exact) mass is 807 g/mol. The van der Waals surface area contributed by atoms with Crippen molar-refractivity contribution in [1.29, 1.82) is 0 Å². The normalized spacial score (nSPS) is 12.5. The summed E-state index contributed by atoms with van der Waals surface area (Å²) in [5.41, 5.74) is 4.11. The first-order chi connectivity index (χ1) is 21.7. The number of carbonyl (C=O) groups excluding carboxylic acids is 1. The molecule has 1 radical (unpaired) electrons. The Morgan fingerprint density at radius 1 is 0.766 bits per heavy atom. The van der Waals surface area contributed by atoms with Crippen LogP contribution in [0.2, 0.25) is 0 Å². The van der Waals surface area contributed by atoms with Crippen LogP contribution < -0.4 is 0 Å². The SMILES string of the molecule is CCC(C)(CC)C(=O)/C=C(\O)C(C)(CC)CC.Cc1ccc2c(ccc3c(-c4[c-]c5ccccc5c(C(C)(C)C)c4)nccc32)c1.[Ir]. The van der Waals surface area contributed by atoms with Gasteiger partial charge in [-0.1, -0.05) is 127 Å². The molecular formula is C43H52IrNO2-. The fourth-order valence-corrected chi connectivity index (χ4v) is 5.99. The number of rotatable bonds is 8. The number of pyridine rings is 1. The molecule has 0 spiro atoms. The van der Waals surface area contributed by atoms with Gasteiger partial charge in [-0.15, -0.1) is 29.1 Å². The van der Waals surface area contributed by atoms with Crippen molar-refractivity contribution in [3.8, 4) is 11.3 Å². The number of hydrogen-bond acceptors (Lipinski definition) is 3. The summed E-state index contributed by atoms with van der Waals surface area (Å²) in [5.74, 6) is 0.286. The molecule has 0 aliphatic rings. The van der Waals surface area contributed by atoms with Crippen LogP contribution in [0.4, 0.5) is 0 Å². The number of aromatic nitrogens is 1. The van der Waals surface area contributed by atoms with E-state index in [0.717, 1.165) is 42.3 Å². The molecule has 0 atom stereocenters. The van der Waals surface area contributed by atoms with E-state index in [9.17, 15) is 9.90 Å². The predicted octanol–water partition coefficient (Wildman–Crippen LogP) is 12.3. The number of carbonyl (C=O) groups is 1. The predicted molar refractivity (Wildman–Crippen MR) is 198 cm³/mol. The van der Waals surface area contributed by atoms with Gasteiger partial charge >= 0.3 is 0 Å². The fourth-order valence-electron chi connectivity index (χ4n) is 5.99. The number of aliphatic hydroxyl groups is 1. The van der Waals surface area contributed by atoms with Crippen LogP contribution in [-0.4, -0.2) is 15.9 Å². The van der Waals surface area contributed by atoms with Crippen LogP contribution in [0.15, 0.2) is 84.8 Å². The topological polar surface area (TPSA) is 50.2 Å². The van der Waals surface area contributed by atoms with Crippen molar-refractivity contribution in [3.05, 3.63) is 102 Å². The van der Waals surface area contributed by atoms with Gasteiger partial charge in [0.25, 0.3) is 0 Å². The summed E-state index contributed by atoms with van der Waals surface area (Å²) < 4.78 is 0. The Morgan fingerprint density at radius 3 is 2.00 bits per heavy atom. The quantitative estimate of drug-likeness (QED) is 0.0735. The number of allylic oxidation sites excluding steroid dienone is 2. The molecule has 3 nitrogen and oxygen atoms in total. The number of aryl methyl sites for hydroxylation is 1. The Balaban J connectivity index is 0.000000290. The van der Waals surface area contributed by atoms with Crippen LogP contribution >= 0.6 is 0 Å². The van der Waals surface area contributed by atoms with Crippen LogP contribution in [0.5, 0.6) is 0 Å². The second kappa shape index (κ2) is 15.3. The van der Waals surface area contributed by atoms with E-state index < -0.39 is 0 Å². The molecule has 5 rings (SSSR count). The Morgan fingerprint density at radius 2 is 1.38 bits per heavy atom. The van der Waals surface area contributed by atoms with Crippen molar-refractivity contribution in [3.63, 3.8) is 0 Å². The maximum Gasteiger partial charge on any atom is 0.164 e. The van der Waals surface area contributed by atoms with Gasteiger partial charge in [-0.25, -0.2) is 0 Å². The molecule has 0 saturated carbocycles. The van der Waals surface area contributed by atoms with Gasteiger partial charge < -0.3 is 5.11 Å². The smallest absolute Gasteiger partial charge is 0.164 e. The third-order valence-electron chi connectivity index (χ3n) is 10.4. The summed E-state index contributed by atoms with van der Waals surface area (Å²) in [6.07, 6.45) is 6.68. The van der Waals surface area contributed by atoms with Gasteiger partial charge in [-0.3, -0.25) is 9.78 Å². The number of fused-ring (bicyclic) bond motifs is 4. The van der Waals surface area contributed by atoms with Crippen molar-refractivity contribution < 1.29 is 30.0 Å². The zero-order valence-corrected chi connectivity index (χ0v) is 32.4. The van der Waals surface area contributed by atoms with Crippen molar-refractivity contribution >= 4 is 38.1 Å². The molecule has 0 aliphatic carbocycles. The molecule has 4 aromatic carbocycles. The van der Waals surface area contributed by atoms with E-state index in [4.69, 9.17) is 4.98 Å². The van der Waals surface area contributed by atoms with E-state index in [1.807, 2.05) is 47.7 Å². The van der Waals surface area contributed by atoms with E-state index in [1.165, 1.54) is 44.1 Å². The third-order valence-corrected chi connectivity index (χ3v) is 10.4. The molecule has 47 heavy (non-hydrogen) atoms. The van der Waals surface area contributed by atoms with Gasteiger partial charge in [0.15, 0.2) is 5.78 Å². The zero-order valence-electron chi connectivity index (χ0n) is 30.0. The number of benzene rings is 4. The van der Waals surface area contributed by atoms with Crippen LogP contribution in [0.3, 0.4) is 0 Å². The molecule has 4 heteroatoms. The molecule has 0 aliphatic heterocycles. The van der Waals surface area contributed by atoms with Crippen molar-refractivity contribution in [2.24, 2.45) is 10.8 Å². The van der Waals surface area contributed by atoms with Gasteiger partial charge in [0.2, 0.25) is 0 Å². The summed E-state index contributed by atoms with van der Waals surface area (Å²) in [6.45, 7) is 21.0. The Labute approximate surface area is 296 Å². The van der Waals surface area contributed by atoms with E-state index in [-0.39, 0.29) is 47.9 Å². The second-order valence-corrected chi connectivity index (χ2v) is 14.4.